The van der Waals surface area contributed by atoms with E-state index in [0.717, 1.165) is 24.8 Å². The zero-order chi connectivity index (χ0) is 20.7. The van der Waals surface area contributed by atoms with E-state index in [0.29, 0.717) is 25.9 Å². The Morgan fingerprint density at radius 1 is 1.21 bits per heavy atom. The summed E-state index contributed by atoms with van der Waals surface area (Å²) in [6.45, 7) is 4.87. The van der Waals surface area contributed by atoms with Gasteiger partial charge in [-0.05, 0) is 50.9 Å². The van der Waals surface area contributed by atoms with E-state index >= 15 is 0 Å². The lowest BCUT2D eigenvalue weighted by atomic mass is 10.0. The largest absolute Gasteiger partial charge is 0.353 e. The molecular weight excluding hydrogens is 374 g/mol. The summed E-state index contributed by atoms with van der Waals surface area (Å²) >= 11 is 0. The minimum atomic E-state index is -3.38. The Hall–Kier alpha value is -1.44. The number of carbonyl (C=O) groups is 1. The maximum atomic E-state index is 12.9. The maximum absolute atomic E-state index is 12.9. The van der Waals surface area contributed by atoms with Crippen LogP contribution in [0, 0.1) is 0 Å². The number of carbonyl (C=O) groups excluding carboxylic acids is 1. The first-order chi connectivity index (χ1) is 13.3. The van der Waals surface area contributed by atoms with Crippen LogP contribution in [-0.2, 0) is 21.2 Å². The summed E-state index contributed by atoms with van der Waals surface area (Å²) in [6, 6.07) is 7.90. The number of rotatable bonds is 9. The molecule has 1 amide bonds. The summed E-state index contributed by atoms with van der Waals surface area (Å²) in [5.41, 5.74) is 2.42. The summed E-state index contributed by atoms with van der Waals surface area (Å²) in [5.74, 6) is -0.0858. The quantitative estimate of drug-likeness (QED) is 0.681. The molecule has 0 radical (unpaired) electrons. The van der Waals surface area contributed by atoms with E-state index < -0.39 is 16.1 Å². The van der Waals surface area contributed by atoms with Crippen molar-refractivity contribution in [3.63, 3.8) is 0 Å². The van der Waals surface area contributed by atoms with Crippen LogP contribution in [0.2, 0.25) is 0 Å². The fraction of sp³-hybridized carbons (Fsp3) is 0.667. The van der Waals surface area contributed by atoms with Crippen molar-refractivity contribution in [1.82, 2.24) is 14.5 Å². The van der Waals surface area contributed by atoms with Crippen molar-refractivity contribution in [2.45, 2.75) is 58.0 Å². The summed E-state index contributed by atoms with van der Waals surface area (Å²) in [7, 11) is 0.598. The number of hydrogen-bond donors (Lipinski definition) is 1. The maximum Gasteiger partial charge on any atom is 0.238 e. The predicted octanol–water partition coefficient (Wildman–Crippen LogP) is 2.56. The van der Waals surface area contributed by atoms with Gasteiger partial charge in [-0.25, -0.2) is 8.42 Å². The molecule has 1 aliphatic heterocycles. The highest BCUT2D eigenvalue weighted by atomic mass is 32.2. The Kier molecular flexibility index (Phi) is 8.46. The molecule has 1 heterocycles. The third-order valence-corrected chi connectivity index (χ3v) is 7.52. The molecule has 2 atom stereocenters. The SMILES string of the molecule is CCCS(=O)(=O)N1CCCCC1C(=O)NCC(c1ccc(CC)cc1)N(C)C. The van der Waals surface area contributed by atoms with Gasteiger partial charge in [-0.1, -0.05) is 44.5 Å². The fourth-order valence-corrected chi connectivity index (χ4v) is 5.51. The van der Waals surface area contributed by atoms with Crippen molar-refractivity contribution in [2.75, 3.05) is 32.9 Å². The van der Waals surface area contributed by atoms with Crippen LogP contribution in [-0.4, -0.2) is 62.5 Å². The van der Waals surface area contributed by atoms with E-state index in [9.17, 15) is 13.2 Å². The van der Waals surface area contributed by atoms with Gasteiger partial charge in [0.2, 0.25) is 15.9 Å². The lowest BCUT2D eigenvalue weighted by molar-refractivity contribution is -0.125. The van der Waals surface area contributed by atoms with Crippen LogP contribution < -0.4 is 5.32 Å². The average molecular weight is 410 g/mol. The standard InChI is InChI=1S/C21H35N3O3S/c1-5-15-28(26,27)24-14-8-7-9-19(24)21(25)22-16-20(23(3)4)18-12-10-17(6-2)11-13-18/h10-13,19-20H,5-9,14-16H2,1-4H3,(H,22,25). The Bertz CT molecular complexity index is 732. The van der Waals surface area contributed by atoms with Gasteiger partial charge >= 0.3 is 0 Å². The molecule has 28 heavy (non-hydrogen) atoms. The molecular formula is C21H35N3O3S. The van der Waals surface area contributed by atoms with Gasteiger partial charge in [0.1, 0.15) is 6.04 Å². The Morgan fingerprint density at radius 2 is 1.89 bits per heavy atom. The topological polar surface area (TPSA) is 69.7 Å². The Morgan fingerprint density at radius 3 is 2.46 bits per heavy atom. The van der Waals surface area contributed by atoms with Crippen LogP contribution in [0.15, 0.2) is 24.3 Å². The van der Waals surface area contributed by atoms with E-state index in [2.05, 4.69) is 41.4 Å². The lowest BCUT2D eigenvalue weighted by Crippen LogP contribution is -2.53. The number of likely N-dealkylation sites (N-methyl/N-ethyl adjacent to an activating group) is 1. The number of hydrogen-bond acceptors (Lipinski definition) is 4. The van der Waals surface area contributed by atoms with Crippen molar-refractivity contribution < 1.29 is 13.2 Å². The molecule has 7 heteroatoms. The van der Waals surface area contributed by atoms with Crippen molar-refractivity contribution in [3.8, 4) is 0 Å². The number of amides is 1. The monoisotopic (exact) mass is 409 g/mol. The minimum absolute atomic E-state index is 0.0409. The van der Waals surface area contributed by atoms with Gasteiger partial charge in [0.05, 0.1) is 11.8 Å². The molecule has 1 saturated heterocycles. The van der Waals surface area contributed by atoms with Gasteiger partial charge in [0, 0.05) is 13.1 Å². The van der Waals surface area contributed by atoms with Gasteiger partial charge in [-0.3, -0.25) is 4.79 Å². The summed E-state index contributed by atoms with van der Waals surface area (Å²) < 4.78 is 26.6. The predicted molar refractivity (Wildman–Crippen MR) is 114 cm³/mol. The second-order valence-electron chi connectivity index (χ2n) is 7.76. The van der Waals surface area contributed by atoms with Gasteiger partial charge in [0.15, 0.2) is 0 Å². The van der Waals surface area contributed by atoms with Gasteiger partial charge in [-0.15, -0.1) is 0 Å². The first-order valence-electron chi connectivity index (χ1n) is 10.3. The van der Waals surface area contributed by atoms with Crippen molar-refractivity contribution in [1.29, 1.82) is 0 Å². The molecule has 1 aromatic rings. The van der Waals surface area contributed by atoms with E-state index in [4.69, 9.17) is 0 Å². The molecule has 158 valence electrons. The van der Waals surface area contributed by atoms with Crippen molar-refractivity contribution >= 4 is 15.9 Å². The molecule has 1 N–H and O–H groups in total. The average Bonchev–Trinajstić information content (AvgIpc) is 2.68. The first-order valence-corrected chi connectivity index (χ1v) is 11.9. The minimum Gasteiger partial charge on any atom is -0.353 e. The number of sulfonamides is 1. The molecule has 6 nitrogen and oxygen atoms in total. The zero-order valence-corrected chi connectivity index (χ0v) is 18.5. The third-order valence-electron chi connectivity index (χ3n) is 5.44. The highest BCUT2D eigenvalue weighted by Crippen LogP contribution is 2.23. The van der Waals surface area contributed by atoms with E-state index in [1.807, 2.05) is 21.0 Å². The second kappa shape index (κ2) is 10.4. The van der Waals surface area contributed by atoms with Crippen LogP contribution >= 0.6 is 0 Å². The van der Waals surface area contributed by atoms with Crippen LogP contribution in [0.4, 0.5) is 0 Å². The van der Waals surface area contributed by atoms with Gasteiger partial charge < -0.3 is 10.2 Å². The van der Waals surface area contributed by atoms with E-state index in [1.54, 1.807) is 0 Å². The number of benzene rings is 1. The number of piperidine rings is 1. The molecule has 2 rings (SSSR count). The molecule has 1 aromatic carbocycles. The Balaban J connectivity index is 2.08. The lowest BCUT2D eigenvalue weighted by Gasteiger charge is -2.34. The highest BCUT2D eigenvalue weighted by Gasteiger charge is 2.36. The summed E-state index contributed by atoms with van der Waals surface area (Å²) in [5, 5.41) is 3.02. The normalized spacial score (nSPS) is 19.5. The molecule has 0 saturated carbocycles. The first kappa shape index (κ1) is 22.8. The van der Waals surface area contributed by atoms with Crippen LogP contribution in [0.1, 0.15) is 56.7 Å². The molecule has 2 unspecified atom stereocenters. The molecule has 0 aliphatic carbocycles. The van der Waals surface area contributed by atoms with Crippen LogP contribution in [0.25, 0.3) is 0 Å². The Labute approximate surface area is 170 Å². The fourth-order valence-electron chi connectivity index (χ4n) is 3.76. The van der Waals surface area contributed by atoms with E-state index in [-0.39, 0.29) is 17.7 Å². The summed E-state index contributed by atoms with van der Waals surface area (Å²) in [4.78, 5) is 15.0. The third kappa shape index (κ3) is 5.78. The van der Waals surface area contributed by atoms with Gasteiger partial charge in [0.25, 0.3) is 0 Å². The number of aryl methyl sites for hydroxylation is 1. The molecule has 0 spiro atoms. The molecule has 1 fully saturated rings. The van der Waals surface area contributed by atoms with Crippen molar-refractivity contribution in [2.24, 2.45) is 0 Å². The van der Waals surface area contributed by atoms with Crippen LogP contribution in [0.3, 0.4) is 0 Å². The highest BCUT2D eigenvalue weighted by molar-refractivity contribution is 7.89. The molecule has 1 aliphatic rings. The van der Waals surface area contributed by atoms with Crippen molar-refractivity contribution in [3.05, 3.63) is 35.4 Å². The van der Waals surface area contributed by atoms with Crippen LogP contribution in [0.5, 0.6) is 0 Å². The summed E-state index contributed by atoms with van der Waals surface area (Å²) in [6.07, 6.45) is 3.84. The molecule has 0 aromatic heterocycles. The molecule has 0 bridgehead atoms. The number of nitrogens with one attached hydrogen (secondary N) is 1. The smallest absolute Gasteiger partial charge is 0.238 e. The van der Waals surface area contributed by atoms with Gasteiger partial charge in [-0.2, -0.15) is 4.31 Å². The zero-order valence-electron chi connectivity index (χ0n) is 17.6. The second-order valence-corrected chi connectivity index (χ2v) is 9.80. The van der Waals surface area contributed by atoms with E-state index in [1.165, 1.54) is 9.87 Å². The number of nitrogens with zero attached hydrogens (tertiary/aromatic N) is 2.